The van der Waals surface area contributed by atoms with Crippen LogP contribution in [0, 0.1) is 0 Å². The van der Waals surface area contributed by atoms with E-state index >= 15 is 0 Å². The van der Waals surface area contributed by atoms with Crippen LogP contribution >= 0.6 is 35.7 Å². The second kappa shape index (κ2) is 9.96. The number of hydrogen-bond donors (Lipinski definition) is 1. The van der Waals surface area contributed by atoms with Gasteiger partial charge in [-0.15, -0.1) is 24.0 Å². The highest BCUT2D eigenvalue weighted by Gasteiger charge is 2.38. The number of rotatable bonds is 3. The molecular weight excluding hydrogens is 483 g/mol. The highest BCUT2D eigenvalue weighted by atomic mass is 127. The van der Waals surface area contributed by atoms with Gasteiger partial charge in [-0.2, -0.15) is 11.8 Å². The Morgan fingerprint density at radius 1 is 1.29 bits per heavy atom. The van der Waals surface area contributed by atoms with Gasteiger partial charge in [-0.3, -0.25) is 9.56 Å². The minimum Gasteiger partial charge on any atom is -0.352 e. The zero-order chi connectivity index (χ0) is 18.5. The standard InChI is InChI=1S/C20H28N6S.HI/c1-21-19(25-12-13-27-20(15-25)7-3-2-4-8-20)24-14-17-6-5-9-23-18(17)26-11-10-22-16-26;/h5-6,9-11,16H,2-4,7-8,12-15H2,1H3,(H,21,24);1H. The lowest BCUT2D eigenvalue weighted by Gasteiger charge is -2.45. The van der Waals surface area contributed by atoms with Gasteiger partial charge < -0.3 is 10.2 Å². The molecule has 1 saturated carbocycles. The molecule has 1 aliphatic heterocycles. The predicted molar refractivity (Wildman–Crippen MR) is 127 cm³/mol. The highest BCUT2D eigenvalue weighted by molar-refractivity contribution is 14.0. The first-order chi connectivity index (χ1) is 13.3. The molecule has 1 N–H and O–H groups in total. The molecular formula is C20H29IN6S. The molecule has 0 bridgehead atoms. The minimum absolute atomic E-state index is 0. The lowest BCUT2D eigenvalue weighted by molar-refractivity contribution is 0.293. The third-order valence-corrected chi connectivity index (χ3v) is 7.11. The number of hydrogen-bond acceptors (Lipinski definition) is 4. The van der Waals surface area contributed by atoms with E-state index in [-0.39, 0.29) is 24.0 Å². The number of thioether (sulfide) groups is 1. The second-order valence-electron chi connectivity index (χ2n) is 7.37. The van der Waals surface area contributed by atoms with E-state index in [2.05, 4.69) is 43.0 Å². The summed E-state index contributed by atoms with van der Waals surface area (Å²) in [4.78, 5) is 15.7. The molecule has 0 unspecified atom stereocenters. The van der Waals surface area contributed by atoms with Gasteiger partial charge in [-0.05, 0) is 18.9 Å². The van der Waals surface area contributed by atoms with Crippen molar-refractivity contribution in [3.8, 4) is 5.82 Å². The van der Waals surface area contributed by atoms with E-state index < -0.39 is 0 Å². The van der Waals surface area contributed by atoms with Gasteiger partial charge >= 0.3 is 0 Å². The molecule has 2 aromatic heterocycles. The number of imidazole rings is 1. The van der Waals surface area contributed by atoms with Crippen LogP contribution in [-0.2, 0) is 6.54 Å². The molecule has 3 heterocycles. The first kappa shape index (κ1) is 21.4. The molecule has 28 heavy (non-hydrogen) atoms. The summed E-state index contributed by atoms with van der Waals surface area (Å²) in [5.41, 5.74) is 1.13. The summed E-state index contributed by atoms with van der Waals surface area (Å²) in [5, 5.41) is 3.57. The number of pyridine rings is 1. The third-order valence-electron chi connectivity index (χ3n) is 5.58. The van der Waals surface area contributed by atoms with Crippen molar-refractivity contribution < 1.29 is 0 Å². The van der Waals surface area contributed by atoms with Crippen molar-refractivity contribution >= 4 is 41.7 Å². The van der Waals surface area contributed by atoms with Crippen molar-refractivity contribution in [2.75, 3.05) is 25.9 Å². The highest BCUT2D eigenvalue weighted by Crippen LogP contribution is 2.42. The molecule has 8 heteroatoms. The molecule has 1 spiro atoms. The molecule has 0 aromatic carbocycles. The zero-order valence-electron chi connectivity index (χ0n) is 16.4. The summed E-state index contributed by atoms with van der Waals surface area (Å²) in [6, 6.07) is 4.09. The van der Waals surface area contributed by atoms with E-state index in [0.29, 0.717) is 11.3 Å². The van der Waals surface area contributed by atoms with E-state index in [9.17, 15) is 0 Å². The number of halogens is 1. The molecule has 2 aromatic rings. The van der Waals surface area contributed by atoms with E-state index in [0.717, 1.165) is 30.4 Å². The quantitative estimate of drug-likeness (QED) is 0.386. The summed E-state index contributed by atoms with van der Waals surface area (Å²) in [7, 11) is 1.89. The minimum atomic E-state index is 0. The van der Waals surface area contributed by atoms with E-state index in [1.165, 1.54) is 37.9 Å². The average molecular weight is 512 g/mol. The van der Waals surface area contributed by atoms with Crippen molar-refractivity contribution in [2.45, 2.75) is 43.4 Å². The Labute approximate surface area is 188 Å². The Hall–Kier alpha value is -1.29. The van der Waals surface area contributed by atoms with Crippen LogP contribution in [0.3, 0.4) is 0 Å². The Morgan fingerprint density at radius 3 is 2.89 bits per heavy atom. The Morgan fingerprint density at radius 2 is 2.14 bits per heavy atom. The van der Waals surface area contributed by atoms with Crippen LogP contribution in [0.1, 0.15) is 37.7 Å². The van der Waals surface area contributed by atoms with Gasteiger partial charge in [-0.1, -0.05) is 25.3 Å². The summed E-state index contributed by atoms with van der Waals surface area (Å²) >= 11 is 2.19. The molecule has 1 saturated heterocycles. The van der Waals surface area contributed by atoms with Crippen LogP contribution < -0.4 is 5.32 Å². The van der Waals surface area contributed by atoms with Gasteiger partial charge in [0, 0.05) is 61.3 Å². The molecule has 2 aliphatic rings. The van der Waals surface area contributed by atoms with Gasteiger partial charge in [-0.25, -0.2) is 9.97 Å². The van der Waals surface area contributed by atoms with Crippen molar-refractivity contribution in [3.05, 3.63) is 42.6 Å². The first-order valence-electron chi connectivity index (χ1n) is 9.81. The molecule has 4 rings (SSSR count). The SMILES string of the molecule is CN=C(NCc1cccnc1-n1ccnc1)N1CCSC2(CCCCC2)C1.I. The normalized spacial score (nSPS) is 19.3. The lowest BCUT2D eigenvalue weighted by Crippen LogP contribution is -2.53. The van der Waals surface area contributed by atoms with E-state index in [1.54, 1.807) is 12.5 Å². The van der Waals surface area contributed by atoms with Crippen LogP contribution in [0.5, 0.6) is 0 Å². The summed E-state index contributed by atoms with van der Waals surface area (Å²) in [6.07, 6.45) is 14.1. The molecule has 1 aliphatic carbocycles. The van der Waals surface area contributed by atoms with Crippen molar-refractivity contribution in [3.63, 3.8) is 0 Å². The fraction of sp³-hybridized carbons (Fsp3) is 0.550. The van der Waals surface area contributed by atoms with Crippen molar-refractivity contribution in [2.24, 2.45) is 4.99 Å². The summed E-state index contributed by atoms with van der Waals surface area (Å²) < 4.78 is 2.39. The van der Waals surface area contributed by atoms with Crippen LogP contribution in [0.15, 0.2) is 42.0 Å². The molecule has 6 nitrogen and oxygen atoms in total. The monoisotopic (exact) mass is 512 g/mol. The molecule has 152 valence electrons. The maximum absolute atomic E-state index is 4.58. The topological polar surface area (TPSA) is 58.3 Å². The second-order valence-corrected chi connectivity index (χ2v) is 8.93. The van der Waals surface area contributed by atoms with Gasteiger partial charge in [0.1, 0.15) is 12.1 Å². The van der Waals surface area contributed by atoms with Crippen molar-refractivity contribution in [1.29, 1.82) is 0 Å². The Balaban J connectivity index is 0.00000225. The fourth-order valence-electron chi connectivity index (χ4n) is 4.22. The number of aromatic nitrogens is 3. The van der Waals surface area contributed by atoms with Gasteiger partial charge in [0.05, 0.1) is 0 Å². The smallest absolute Gasteiger partial charge is 0.193 e. The Kier molecular flexibility index (Phi) is 7.62. The number of nitrogens with zero attached hydrogens (tertiary/aromatic N) is 5. The lowest BCUT2D eigenvalue weighted by atomic mass is 9.87. The molecule has 0 amide bonds. The average Bonchev–Trinajstić information content (AvgIpc) is 3.24. The largest absolute Gasteiger partial charge is 0.352 e. The molecule has 0 atom stereocenters. The van der Waals surface area contributed by atoms with Crippen molar-refractivity contribution in [1.82, 2.24) is 24.8 Å². The number of aliphatic imine (C=N–C) groups is 1. The van der Waals surface area contributed by atoms with Crippen LogP contribution in [0.2, 0.25) is 0 Å². The fourth-order valence-corrected chi connectivity index (χ4v) is 5.79. The Bertz CT molecular complexity index is 767. The number of nitrogens with one attached hydrogen (secondary N) is 1. The maximum Gasteiger partial charge on any atom is 0.193 e. The van der Waals surface area contributed by atoms with Gasteiger partial charge in [0.25, 0.3) is 0 Å². The zero-order valence-corrected chi connectivity index (χ0v) is 19.5. The third kappa shape index (κ3) is 4.82. The number of guanidine groups is 1. The van der Waals surface area contributed by atoms with Crippen LogP contribution in [-0.4, -0.2) is 56.0 Å². The van der Waals surface area contributed by atoms with Gasteiger partial charge in [0.2, 0.25) is 0 Å². The first-order valence-corrected chi connectivity index (χ1v) is 10.8. The molecule has 2 fully saturated rings. The van der Waals surface area contributed by atoms with Crippen LogP contribution in [0.4, 0.5) is 0 Å². The predicted octanol–water partition coefficient (Wildman–Crippen LogP) is 3.71. The van der Waals surface area contributed by atoms with E-state index in [1.807, 2.05) is 30.1 Å². The summed E-state index contributed by atoms with van der Waals surface area (Å²) in [5.74, 6) is 3.10. The van der Waals surface area contributed by atoms with Gasteiger partial charge in [0.15, 0.2) is 5.96 Å². The maximum atomic E-state index is 4.58. The van der Waals surface area contributed by atoms with Crippen LogP contribution in [0.25, 0.3) is 5.82 Å². The molecule has 0 radical (unpaired) electrons. The summed E-state index contributed by atoms with van der Waals surface area (Å²) in [6.45, 7) is 2.87. The van der Waals surface area contributed by atoms with E-state index in [4.69, 9.17) is 0 Å².